The zero-order chi connectivity index (χ0) is 42.3. The SMILES string of the molecule is CC/C=C/C=C/C=C/C=C/C=C/CCCC(=O)OC(COC(=O)CC/C=C/C/C=C/CCCCCCCC)COC(=O)CCCCC/C=C/CCCCCCCCC. The molecule has 0 aromatic carbocycles. The van der Waals surface area contributed by atoms with E-state index in [0.717, 1.165) is 57.8 Å². The topological polar surface area (TPSA) is 78.9 Å². The number of carbonyl (C=O) groups is 3. The minimum atomic E-state index is -0.842. The Morgan fingerprint density at radius 3 is 1.34 bits per heavy atom. The molecule has 0 amide bonds. The van der Waals surface area contributed by atoms with Crippen LogP contribution in [0.2, 0.25) is 0 Å². The summed E-state index contributed by atoms with van der Waals surface area (Å²) in [6, 6.07) is 0. The average molecular weight is 805 g/mol. The summed E-state index contributed by atoms with van der Waals surface area (Å²) in [5.74, 6) is -1.10. The molecule has 0 bridgehead atoms. The van der Waals surface area contributed by atoms with Crippen molar-refractivity contribution in [1.29, 1.82) is 0 Å². The van der Waals surface area contributed by atoms with Gasteiger partial charge in [0.05, 0.1) is 0 Å². The van der Waals surface area contributed by atoms with E-state index >= 15 is 0 Å². The summed E-state index contributed by atoms with van der Waals surface area (Å²) < 4.78 is 16.6. The van der Waals surface area contributed by atoms with Crippen molar-refractivity contribution in [3.05, 3.63) is 97.2 Å². The van der Waals surface area contributed by atoms with Crippen LogP contribution in [-0.4, -0.2) is 37.2 Å². The second-order valence-electron chi connectivity index (χ2n) is 15.0. The molecular weight excluding hydrogens is 721 g/mol. The van der Waals surface area contributed by atoms with Crippen molar-refractivity contribution in [3.63, 3.8) is 0 Å². The van der Waals surface area contributed by atoms with E-state index in [0.29, 0.717) is 19.3 Å². The van der Waals surface area contributed by atoms with E-state index in [-0.39, 0.29) is 38.0 Å². The fraction of sp³-hybridized carbons (Fsp3) is 0.635. The first-order chi connectivity index (χ1) is 28.5. The summed E-state index contributed by atoms with van der Waals surface area (Å²) in [5, 5.41) is 0. The molecule has 0 aliphatic heterocycles. The van der Waals surface area contributed by atoms with Gasteiger partial charge in [0.25, 0.3) is 0 Å². The van der Waals surface area contributed by atoms with Gasteiger partial charge in [0.15, 0.2) is 6.10 Å². The first-order valence-corrected chi connectivity index (χ1v) is 23.3. The Balaban J connectivity index is 4.60. The highest BCUT2D eigenvalue weighted by Crippen LogP contribution is 2.11. The van der Waals surface area contributed by atoms with E-state index in [1.807, 2.05) is 60.8 Å². The first-order valence-electron chi connectivity index (χ1n) is 23.3. The van der Waals surface area contributed by atoms with Gasteiger partial charge in [0.2, 0.25) is 0 Å². The van der Waals surface area contributed by atoms with E-state index in [4.69, 9.17) is 14.2 Å². The van der Waals surface area contributed by atoms with E-state index < -0.39 is 12.1 Å². The Morgan fingerprint density at radius 1 is 0.379 bits per heavy atom. The standard InChI is InChI=1S/C52H84O6/c1-4-7-10-13-16-19-22-25-28-30-33-36-39-42-45-51(54)57-48-49(58-52(55)46-43-40-37-34-31-27-24-21-18-15-12-9-6-3)47-56-50(53)44-41-38-35-32-29-26-23-20-17-14-11-8-5-2/h9,12,15,18,21,24,26-31,34-35,37-38,49H,4-8,10-11,13-14,16-17,19-20,22-23,25,32-33,36,39-48H2,1-3H3/b12-9+,18-15+,24-21+,29-26+,30-28+,31-27+,37-34+,38-35+. The fourth-order valence-electron chi connectivity index (χ4n) is 5.93. The van der Waals surface area contributed by atoms with Gasteiger partial charge in [-0.3, -0.25) is 14.4 Å². The normalized spacial score (nSPS) is 12.9. The van der Waals surface area contributed by atoms with Crippen LogP contribution in [0.15, 0.2) is 97.2 Å². The first kappa shape index (κ1) is 54.3. The Labute approximate surface area is 356 Å². The molecule has 0 aliphatic carbocycles. The van der Waals surface area contributed by atoms with Crippen molar-refractivity contribution in [2.24, 2.45) is 0 Å². The molecular formula is C52H84O6. The van der Waals surface area contributed by atoms with Crippen molar-refractivity contribution in [2.75, 3.05) is 13.2 Å². The number of carbonyl (C=O) groups excluding carboxylic acids is 3. The van der Waals surface area contributed by atoms with Gasteiger partial charge in [0.1, 0.15) is 13.2 Å². The lowest BCUT2D eigenvalue weighted by Gasteiger charge is -2.18. The minimum absolute atomic E-state index is 0.132. The molecule has 0 aromatic heterocycles. The molecule has 0 aliphatic rings. The number of rotatable bonds is 40. The summed E-state index contributed by atoms with van der Waals surface area (Å²) in [4.78, 5) is 37.7. The summed E-state index contributed by atoms with van der Waals surface area (Å²) in [7, 11) is 0. The maximum atomic E-state index is 12.7. The lowest BCUT2D eigenvalue weighted by Crippen LogP contribution is -2.30. The lowest BCUT2D eigenvalue weighted by atomic mass is 10.1. The molecule has 0 heterocycles. The van der Waals surface area contributed by atoms with Gasteiger partial charge in [-0.1, -0.05) is 195 Å². The Morgan fingerprint density at radius 2 is 0.793 bits per heavy atom. The average Bonchev–Trinajstić information content (AvgIpc) is 3.22. The minimum Gasteiger partial charge on any atom is -0.462 e. The van der Waals surface area contributed by atoms with Gasteiger partial charge < -0.3 is 14.2 Å². The van der Waals surface area contributed by atoms with Crippen LogP contribution in [0, 0.1) is 0 Å². The van der Waals surface area contributed by atoms with Crippen LogP contribution >= 0.6 is 0 Å². The largest absolute Gasteiger partial charge is 0.462 e. The van der Waals surface area contributed by atoms with Crippen molar-refractivity contribution in [2.45, 2.75) is 200 Å². The van der Waals surface area contributed by atoms with Crippen LogP contribution in [0.1, 0.15) is 194 Å². The zero-order valence-electron chi connectivity index (χ0n) is 37.3. The van der Waals surface area contributed by atoms with Gasteiger partial charge in [-0.15, -0.1) is 0 Å². The number of ether oxygens (including phenoxy) is 3. The van der Waals surface area contributed by atoms with Crippen LogP contribution in [0.25, 0.3) is 0 Å². The molecule has 0 rings (SSSR count). The zero-order valence-corrected chi connectivity index (χ0v) is 37.3. The molecule has 0 spiro atoms. The molecule has 1 atom stereocenters. The molecule has 328 valence electrons. The van der Waals surface area contributed by atoms with Crippen molar-refractivity contribution < 1.29 is 28.6 Å². The summed E-state index contributed by atoms with van der Waals surface area (Å²) in [5.41, 5.74) is 0. The third-order valence-electron chi connectivity index (χ3n) is 9.43. The quantitative estimate of drug-likeness (QED) is 0.0202. The Bertz CT molecular complexity index is 1200. The van der Waals surface area contributed by atoms with E-state index in [9.17, 15) is 14.4 Å². The number of hydrogen-bond donors (Lipinski definition) is 0. The highest BCUT2D eigenvalue weighted by Gasteiger charge is 2.19. The Kier molecular flexibility index (Phi) is 43.1. The summed E-state index contributed by atoms with van der Waals surface area (Å²) in [6.07, 6.45) is 59.8. The van der Waals surface area contributed by atoms with Gasteiger partial charge in [-0.2, -0.15) is 0 Å². The number of hydrogen-bond acceptors (Lipinski definition) is 6. The Hall–Kier alpha value is -3.67. The molecule has 0 saturated carbocycles. The summed E-state index contributed by atoms with van der Waals surface area (Å²) in [6.45, 7) is 6.32. The van der Waals surface area contributed by atoms with E-state index in [1.54, 1.807) is 0 Å². The predicted molar refractivity (Wildman–Crippen MR) is 247 cm³/mol. The fourth-order valence-corrected chi connectivity index (χ4v) is 5.93. The molecule has 0 radical (unpaired) electrons. The van der Waals surface area contributed by atoms with Gasteiger partial charge in [-0.05, 0) is 77.0 Å². The van der Waals surface area contributed by atoms with E-state index in [2.05, 4.69) is 57.2 Å². The van der Waals surface area contributed by atoms with Crippen molar-refractivity contribution >= 4 is 17.9 Å². The molecule has 0 fully saturated rings. The third-order valence-corrected chi connectivity index (χ3v) is 9.43. The smallest absolute Gasteiger partial charge is 0.306 e. The monoisotopic (exact) mass is 805 g/mol. The maximum absolute atomic E-state index is 12.7. The molecule has 6 nitrogen and oxygen atoms in total. The number of esters is 3. The van der Waals surface area contributed by atoms with Crippen molar-refractivity contribution in [1.82, 2.24) is 0 Å². The van der Waals surface area contributed by atoms with E-state index in [1.165, 1.54) is 83.5 Å². The van der Waals surface area contributed by atoms with Crippen molar-refractivity contribution in [3.8, 4) is 0 Å². The molecule has 6 heteroatoms. The highest BCUT2D eigenvalue weighted by atomic mass is 16.6. The van der Waals surface area contributed by atoms with Crippen LogP contribution in [0.4, 0.5) is 0 Å². The summed E-state index contributed by atoms with van der Waals surface area (Å²) >= 11 is 0. The molecule has 0 aromatic rings. The number of allylic oxidation sites excluding steroid dienone is 16. The van der Waals surface area contributed by atoms with Crippen LogP contribution in [0.5, 0.6) is 0 Å². The van der Waals surface area contributed by atoms with Crippen LogP contribution < -0.4 is 0 Å². The van der Waals surface area contributed by atoms with Gasteiger partial charge >= 0.3 is 17.9 Å². The molecule has 1 unspecified atom stereocenters. The third kappa shape index (κ3) is 43.5. The number of unbranched alkanes of at least 4 members (excludes halogenated alkanes) is 17. The second kappa shape index (κ2) is 46.0. The lowest BCUT2D eigenvalue weighted by molar-refractivity contribution is -0.166. The molecule has 0 N–H and O–H groups in total. The second-order valence-corrected chi connectivity index (χ2v) is 15.0. The molecule has 0 saturated heterocycles. The van der Waals surface area contributed by atoms with Crippen LogP contribution in [-0.2, 0) is 28.6 Å². The highest BCUT2D eigenvalue weighted by molar-refractivity contribution is 5.71. The predicted octanol–water partition coefficient (Wildman–Crippen LogP) is 15.0. The maximum Gasteiger partial charge on any atom is 0.306 e. The van der Waals surface area contributed by atoms with Gasteiger partial charge in [0, 0.05) is 19.3 Å². The van der Waals surface area contributed by atoms with Gasteiger partial charge in [-0.25, -0.2) is 0 Å². The van der Waals surface area contributed by atoms with Crippen LogP contribution in [0.3, 0.4) is 0 Å². The molecule has 58 heavy (non-hydrogen) atoms.